The fourth-order valence-corrected chi connectivity index (χ4v) is 4.36. The summed E-state index contributed by atoms with van der Waals surface area (Å²) < 4.78 is 74.0. The molecule has 9 heteroatoms. The fourth-order valence-electron chi connectivity index (χ4n) is 4.36. The first-order valence-corrected chi connectivity index (χ1v) is 14.4. The maximum Gasteiger partial charge on any atom is 0.410 e. The minimum Gasteiger partial charge on any atom is -0.462 e. The van der Waals surface area contributed by atoms with Gasteiger partial charge < -0.3 is 14.2 Å². The van der Waals surface area contributed by atoms with Crippen LogP contribution in [0.4, 0.5) is 17.6 Å². The van der Waals surface area contributed by atoms with E-state index in [2.05, 4.69) is 13.2 Å². The summed E-state index contributed by atoms with van der Waals surface area (Å²) in [5.41, 5.74) is 1.95. The van der Waals surface area contributed by atoms with Crippen LogP contribution in [0.3, 0.4) is 0 Å². The zero-order valence-corrected chi connectivity index (χ0v) is 24.6. The number of hydrogen-bond donors (Lipinski definition) is 0. The molecule has 1 aliphatic carbocycles. The normalized spacial score (nSPS) is 16.7. The van der Waals surface area contributed by atoms with E-state index >= 15 is 0 Å². The highest BCUT2D eigenvalue weighted by atomic mass is 19.3. The minimum absolute atomic E-state index is 0.174. The predicted octanol–water partition coefficient (Wildman–Crippen LogP) is 8.70. The quantitative estimate of drug-likeness (QED) is 0.0694. The van der Waals surface area contributed by atoms with Gasteiger partial charge in [-0.2, -0.15) is 8.78 Å². The van der Waals surface area contributed by atoms with Crippen molar-refractivity contribution in [3.8, 4) is 5.75 Å². The second-order valence-electron chi connectivity index (χ2n) is 10.7. The predicted molar refractivity (Wildman–Crippen MR) is 154 cm³/mol. The molecule has 0 fully saturated rings. The largest absolute Gasteiger partial charge is 0.462 e. The van der Waals surface area contributed by atoms with Gasteiger partial charge in [0.1, 0.15) is 23.7 Å². The van der Waals surface area contributed by atoms with Gasteiger partial charge in [0.2, 0.25) is 0 Å². The fraction of sp³-hybridized carbons (Fsp3) is 0.515. The summed E-state index contributed by atoms with van der Waals surface area (Å²) in [5.74, 6) is -4.62. The Balaban J connectivity index is 1.73. The van der Waals surface area contributed by atoms with E-state index in [9.17, 15) is 27.2 Å². The Kier molecular flexibility index (Phi) is 14.6. The van der Waals surface area contributed by atoms with E-state index in [-0.39, 0.29) is 12.4 Å². The Bertz CT molecular complexity index is 1120. The number of halogens is 4. The van der Waals surface area contributed by atoms with Crippen LogP contribution in [-0.2, 0) is 25.5 Å². The maximum absolute atomic E-state index is 14.8. The molecule has 42 heavy (non-hydrogen) atoms. The molecule has 0 heterocycles. The highest BCUT2D eigenvalue weighted by Gasteiger charge is 2.51. The van der Waals surface area contributed by atoms with Gasteiger partial charge >= 0.3 is 18.0 Å². The zero-order valence-electron chi connectivity index (χ0n) is 24.6. The van der Waals surface area contributed by atoms with Gasteiger partial charge in [-0.1, -0.05) is 51.0 Å². The summed E-state index contributed by atoms with van der Waals surface area (Å²) in [6, 6.07) is 6.06. The molecule has 0 aliphatic heterocycles. The lowest BCUT2D eigenvalue weighted by Crippen LogP contribution is -2.41. The smallest absolute Gasteiger partial charge is 0.410 e. The number of unbranched alkanes of at least 4 members (excludes halogenated alkanes) is 6. The highest BCUT2D eigenvalue weighted by Crippen LogP contribution is 2.41. The van der Waals surface area contributed by atoms with E-state index < -0.39 is 36.0 Å². The monoisotopic (exact) mass is 594 g/mol. The van der Waals surface area contributed by atoms with Crippen LogP contribution >= 0.6 is 0 Å². The first-order valence-electron chi connectivity index (χ1n) is 14.4. The van der Waals surface area contributed by atoms with E-state index in [0.29, 0.717) is 42.6 Å². The van der Waals surface area contributed by atoms with Crippen LogP contribution in [0.15, 0.2) is 72.1 Å². The van der Waals surface area contributed by atoms with Crippen LogP contribution in [0.5, 0.6) is 5.75 Å². The van der Waals surface area contributed by atoms with Crippen molar-refractivity contribution in [3.05, 3.63) is 77.7 Å². The molecule has 2 rings (SSSR count). The number of ether oxygens (including phenoxy) is 3. The number of benzene rings is 1. The SMILES string of the molecule is C=C(C)C(=O)OCCCCCCC1=CC(F)C(C(F)(F)Oc2ccc(CCCCCCOC(=O)C(=C)C)cc2)C(F)=C1. The molecule has 2 unspecified atom stereocenters. The summed E-state index contributed by atoms with van der Waals surface area (Å²) in [6.45, 7) is 10.8. The van der Waals surface area contributed by atoms with Crippen molar-refractivity contribution in [2.24, 2.45) is 5.92 Å². The van der Waals surface area contributed by atoms with Crippen LogP contribution in [0.1, 0.15) is 77.2 Å². The van der Waals surface area contributed by atoms with Crippen molar-refractivity contribution in [1.82, 2.24) is 0 Å². The van der Waals surface area contributed by atoms with Crippen molar-refractivity contribution >= 4 is 11.9 Å². The molecule has 0 N–H and O–H groups in total. The third-order valence-electron chi connectivity index (χ3n) is 6.73. The number of rotatable bonds is 19. The Hall–Kier alpha value is -3.36. The molecule has 0 aromatic heterocycles. The first-order chi connectivity index (χ1) is 19.9. The van der Waals surface area contributed by atoms with Gasteiger partial charge in [-0.25, -0.2) is 18.4 Å². The van der Waals surface area contributed by atoms with Gasteiger partial charge in [0.15, 0.2) is 0 Å². The number of carbonyl (C=O) groups is 2. The molecule has 0 amide bonds. The lowest BCUT2D eigenvalue weighted by molar-refractivity contribution is -0.219. The molecule has 5 nitrogen and oxygen atoms in total. The zero-order chi connectivity index (χ0) is 31.1. The number of alkyl halides is 3. The number of aryl methyl sites for hydroxylation is 1. The summed E-state index contributed by atoms with van der Waals surface area (Å²) >= 11 is 0. The molecule has 1 aromatic carbocycles. The molecule has 0 radical (unpaired) electrons. The average Bonchev–Trinajstić information content (AvgIpc) is 2.91. The summed E-state index contributed by atoms with van der Waals surface area (Å²) in [6.07, 6.45) is 2.93. The minimum atomic E-state index is -4.08. The van der Waals surface area contributed by atoms with E-state index in [1.807, 2.05) is 0 Å². The Morgan fingerprint density at radius 2 is 1.31 bits per heavy atom. The van der Waals surface area contributed by atoms with Crippen LogP contribution in [0.2, 0.25) is 0 Å². The molecule has 232 valence electrons. The second kappa shape index (κ2) is 17.6. The highest BCUT2D eigenvalue weighted by molar-refractivity contribution is 5.87. The van der Waals surface area contributed by atoms with Gasteiger partial charge in [-0.15, -0.1) is 0 Å². The molecular weight excluding hydrogens is 552 g/mol. The molecular formula is C33H42F4O5. The van der Waals surface area contributed by atoms with Gasteiger partial charge in [0.05, 0.1) is 13.2 Å². The van der Waals surface area contributed by atoms with Gasteiger partial charge in [-0.3, -0.25) is 0 Å². The number of esters is 2. The van der Waals surface area contributed by atoms with Crippen LogP contribution < -0.4 is 4.74 Å². The molecule has 0 saturated heterocycles. The first kappa shape index (κ1) is 34.8. The van der Waals surface area contributed by atoms with E-state index in [1.165, 1.54) is 12.1 Å². The molecule has 1 aromatic rings. The second-order valence-corrected chi connectivity index (χ2v) is 10.7. The Labute approximate surface area is 246 Å². The van der Waals surface area contributed by atoms with E-state index in [1.54, 1.807) is 26.0 Å². The number of allylic oxidation sites excluding steroid dienone is 3. The van der Waals surface area contributed by atoms with Crippen LogP contribution in [0.25, 0.3) is 0 Å². The van der Waals surface area contributed by atoms with Gasteiger partial charge in [-0.05, 0) is 87.8 Å². The average molecular weight is 595 g/mol. The lowest BCUT2D eigenvalue weighted by atomic mass is 9.90. The third kappa shape index (κ3) is 12.2. The lowest BCUT2D eigenvalue weighted by Gasteiger charge is -2.29. The Morgan fingerprint density at radius 1 is 0.810 bits per heavy atom. The summed E-state index contributed by atoms with van der Waals surface area (Å²) in [4.78, 5) is 22.7. The molecule has 0 bridgehead atoms. The van der Waals surface area contributed by atoms with E-state index in [0.717, 1.165) is 62.7 Å². The molecule has 1 aliphatic rings. The van der Waals surface area contributed by atoms with Crippen molar-refractivity contribution in [2.75, 3.05) is 13.2 Å². The van der Waals surface area contributed by atoms with Crippen molar-refractivity contribution in [3.63, 3.8) is 0 Å². The number of carbonyl (C=O) groups excluding carboxylic acids is 2. The summed E-state index contributed by atoms with van der Waals surface area (Å²) in [7, 11) is 0. The Morgan fingerprint density at radius 3 is 1.81 bits per heavy atom. The molecule has 2 atom stereocenters. The maximum atomic E-state index is 14.8. The summed E-state index contributed by atoms with van der Waals surface area (Å²) in [5, 5.41) is 0. The van der Waals surface area contributed by atoms with Gasteiger partial charge in [0, 0.05) is 11.1 Å². The van der Waals surface area contributed by atoms with Gasteiger partial charge in [0.25, 0.3) is 0 Å². The standard InChI is InChI=1S/C33H42F4O5/c1-23(2)31(38)40-19-11-7-5-9-13-25-15-17-27(18-16-25)42-33(36,37)30-28(34)21-26(22-29(30)35)14-10-6-8-12-20-41-32(39)24(3)4/h15-18,21-22,28,30H,1,3,5-14,19-20H2,2,4H3. The number of hydrogen-bond acceptors (Lipinski definition) is 5. The third-order valence-corrected chi connectivity index (χ3v) is 6.73. The van der Waals surface area contributed by atoms with Crippen molar-refractivity contribution < 1.29 is 41.4 Å². The van der Waals surface area contributed by atoms with Crippen molar-refractivity contribution in [1.29, 1.82) is 0 Å². The van der Waals surface area contributed by atoms with Crippen molar-refractivity contribution in [2.45, 2.75) is 90.3 Å². The van der Waals surface area contributed by atoms with Crippen LogP contribution in [-0.4, -0.2) is 37.4 Å². The molecule has 0 spiro atoms. The van der Waals surface area contributed by atoms with E-state index in [4.69, 9.17) is 14.2 Å². The van der Waals surface area contributed by atoms with Crippen LogP contribution in [0, 0.1) is 5.92 Å². The topological polar surface area (TPSA) is 61.8 Å². The molecule has 0 saturated carbocycles.